The lowest BCUT2D eigenvalue weighted by atomic mass is 10.3. The highest BCUT2D eigenvalue weighted by atomic mass is 32.2. The summed E-state index contributed by atoms with van der Waals surface area (Å²) >= 11 is 6.87. The fourth-order valence-corrected chi connectivity index (χ4v) is 2.93. The van der Waals surface area contributed by atoms with Crippen molar-refractivity contribution in [3.63, 3.8) is 0 Å². The van der Waals surface area contributed by atoms with Gasteiger partial charge in [0.15, 0.2) is 5.82 Å². The smallest absolute Gasteiger partial charge is 0.209 e. The van der Waals surface area contributed by atoms with Crippen molar-refractivity contribution < 1.29 is 10.2 Å². The number of likely N-dealkylation sites (N-methyl/N-ethyl adjacent to an activating group) is 1. The second kappa shape index (κ2) is 8.57. The van der Waals surface area contributed by atoms with E-state index in [0.717, 1.165) is 23.6 Å². The van der Waals surface area contributed by atoms with Crippen molar-refractivity contribution >= 4 is 34.0 Å². The molecule has 1 unspecified atom stereocenters. The van der Waals surface area contributed by atoms with Gasteiger partial charge in [-0.05, 0) is 19.1 Å². The van der Waals surface area contributed by atoms with Crippen LogP contribution in [0.4, 0.5) is 0 Å². The fraction of sp³-hybridized carbons (Fsp3) is 0.692. The number of thioether (sulfide) groups is 1. The number of hydrogen-bond donors (Lipinski definition) is 3. The van der Waals surface area contributed by atoms with E-state index in [1.54, 1.807) is 23.7 Å². The molecule has 0 saturated heterocycles. The standard InChI is InChI=1S/C13H24N4O2S2/c1-4-5-8-21-9(2)15-11-10(14)12(20)16(3)13(19)17(11)6-7-18/h13,18-19H,4-8,14H2,1-3H3/b15-9+. The molecular weight excluding hydrogens is 308 g/mol. The summed E-state index contributed by atoms with van der Waals surface area (Å²) in [5.74, 6) is 1.42. The van der Waals surface area contributed by atoms with Gasteiger partial charge < -0.3 is 25.7 Å². The topological polar surface area (TPSA) is 85.3 Å². The van der Waals surface area contributed by atoms with Crippen LogP contribution in [0.2, 0.25) is 0 Å². The maximum atomic E-state index is 10.2. The molecule has 1 aliphatic heterocycles. The van der Waals surface area contributed by atoms with E-state index in [1.165, 1.54) is 4.90 Å². The lowest BCUT2D eigenvalue weighted by Crippen LogP contribution is -2.54. The van der Waals surface area contributed by atoms with E-state index in [2.05, 4.69) is 11.9 Å². The number of aliphatic hydroxyl groups is 2. The van der Waals surface area contributed by atoms with Gasteiger partial charge in [0.05, 0.1) is 11.7 Å². The molecule has 0 aromatic rings. The van der Waals surface area contributed by atoms with E-state index < -0.39 is 6.35 Å². The van der Waals surface area contributed by atoms with Gasteiger partial charge in [-0.2, -0.15) is 0 Å². The Hall–Kier alpha value is -0.830. The number of nitrogens with zero attached hydrogens (tertiary/aromatic N) is 3. The summed E-state index contributed by atoms with van der Waals surface area (Å²) in [7, 11) is 1.66. The van der Waals surface area contributed by atoms with Crippen molar-refractivity contribution in [2.75, 3.05) is 26.0 Å². The highest BCUT2D eigenvalue weighted by Crippen LogP contribution is 2.23. The van der Waals surface area contributed by atoms with Crippen LogP contribution in [0.25, 0.3) is 0 Å². The molecule has 0 aromatic carbocycles. The number of unbranched alkanes of at least 4 members (excludes halogenated alkanes) is 1. The van der Waals surface area contributed by atoms with E-state index in [9.17, 15) is 10.2 Å². The van der Waals surface area contributed by atoms with Crippen molar-refractivity contribution in [3.05, 3.63) is 11.5 Å². The van der Waals surface area contributed by atoms with E-state index >= 15 is 0 Å². The molecule has 0 bridgehead atoms. The molecule has 0 saturated carbocycles. The highest BCUT2D eigenvalue weighted by molar-refractivity contribution is 8.13. The third kappa shape index (κ3) is 4.57. The third-order valence-corrected chi connectivity index (χ3v) is 4.61. The van der Waals surface area contributed by atoms with Crippen LogP contribution in [-0.2, 0) is 0 Å². The first-order chi connectivity index (χ1) is 9.93. The van der Waals surface area contributed by atoms with Crippen LogP contribution in [0.1, 0.15) is 26.7 Å². The van der Waals surface area contributed by atoms with Crippen molar-refractivity contribution in [1.29, 1.82) is 0 Å². The molecular formula is C13H24N4O2S2. The molecule has 0 aliphatic carbocycles. The number of hydrogen-bond acceptors (Lipinski definition) is 7. The van der Waals surface area contributed by atoms with Gasteiger partial charge in [0, 0.05) is 13.6 Å². The van der Waals surface area contributed by atoms with Crippen molar-refractivity contribution in [3.8, 4) is 0 Å². The van der Waals surface area contributed by atoms with E-state index in [0.29, 0.717) is 16.5 Å². The predicted octanol–water partition coefficient (Wildman–Crippen LogP) is 0.909. The average Bonchev–Trinajstić information content (AvgIpc) is 2.46. The Balaban J connectivity index is 3.02. The van der Waals surface area contributed by atoms with Crippen LogP contribution in [-0.4, -0.2) is 62.3 Å². The summed E-state index contributed by atoms with van der Waals surface area (Å²) in [6, 6.07) is 0. The predicted molar refractivity (Wildman–Crippen MR) is 91.8 cm³/mol. The minimum atomic E-state index is -0.968. The van der Waals surface area contributed by atoms with Gasteiger partial charge in [0.1, 0.15) is 10.7 Å². The molecule has 8 heteroatoms. The summed E-state index contributed by atoms with van der Waals surface area (Å²) < 4.78 is 0. The van der Waals surface area contributed by atoms with Gasteiger partial charge in [-0.25, -0.2) is 4.99 Å². The first-order valence-electron chi connectivity index (χ1n) is 6.94. The lowest BCUT2D eigenvalue weighted by Gasteiger charge is -2.41. The Morgan fingerprint density at radius 1 is 1.52 bits per heavy atom. The Labute approximate surface area is 135 Å². The zero-order valence-electron chi connectivity index (χ0n) is 12.7. The van der Waals surface area contributed by atoms with Crippen molar-refractivity contribution in [1.82, 2.24) is 9.80 Å². The Morgan fingerprint density at radius 2 is 2.19 bits per heavy atom. The normalized spacial score (nSPS) is 20.5. The molecule has 0 radical (unpaired) electrons. The lowest BCUT2D eigenvalue weighted by molar-refractivity contribution is -0.0621. The monoisotopic (exact) mass is 332 g/mol. The summed E-state index contributed by atoms with van der Waals surface area (Å²) in [5.41, 5.74) is 6.39. The minimum absolute atomic E-state index is 0.105. The van der Waals surface area contributed by atoms with Crippen molar-refractivity contribution in [2.45, 2.75) is 33.0 Å². The number of aliphatic hydroxyl groups excluding tert-OH is 2. The number of aliphatic imine (C=N–C) groups is 1. The first-order valence-corrected chi connectivity index (χ1v) is 8.34. The molecule has 1 aliphatic rings. The average molecular weight is 332 g/mol. The molecule has 0 fully saturated rings. The maximum Gasteiger partial charge on any atom is 0.209 e. The molecule has 0 aromatic heterocycles. The van der Waals surface area contributed by atoms with E-state index in [1.807, 2.05) is 6.92 Å². The van der Waals surface area contributed by atoms with Crippen LogP contribution in [0.15, 0.2) is 16.5 Å². The SMILES string of the molecule is CCCCS/C(C)=N/C1=C(N)C(=S)N(C)C(O)N1CCO. The molecule has 0 amide bonds. The van der Waals surface area contributed by atoms with Crippen LogP contribution in [0.5, 0.6) is 0 Å². The number of nitrogens with two attached hydrogens (primary N) is 1. The van der Waals surface area contributed by atoms with Gasteiger partial charge in [-0.3, -0.25) is 0 Å². The number of rotatable bonds is 6. The van der Waals surface area contributed by atoms with Crippen LogP contribution in [0.3, 0.4) is 0 Å². The summed E-state index contributed by atoms with van der Waals surface area (Å²) in [6.45, 7) is 4.18. The molecule has 0 spiro atoms. The first kappa shape index (κ1) is 18.2. The quantitative estimate of drug-likeness (QED) is 0.288. The van der Waals surface area contributed by atoms with Crippen molar-refractivity contribution in [2.24, 2.45) is 10.7 Å². The second-order valence-corrected chi connectivity index (χ2v) is 6.42. The van der Waals surface area contributed by atoms with E-state index in [-0.39, 0.29) is 13.2 Å². The minimum Gasteiger partial charge on any atom is -0.395 e. The van der Waals surface area contributed by atoms with Gasteiger partial charge in [0.25, 0.3) is 0 Å². The largest absolute Gasteiger partial charge is 0.395 e. The Bertz CT molecular complexity index is 440. The maximum absolute atomic E-state index is 10.2. The van der Waals surface area contributed by atoms with Crippen LogP contribution >= 0.6 is 24.0 Å². The molecule has 21 heavy (non-hydrogen) atoms. The fourth-order valence-electron chi connectivity index (χ4n) is 1.86. The Morgan fingerprint density at radius 3 is 2.76 bits per heavy atom. The zero-order chi connectivity index (χ0) is 16.0. The number of β-amino-alcohol motifs (C(OH)–C–C–N with tert-alkyl or cyclic N) is 1. The molecule has 1 rings (SSSR count). The second-order valence-electron chi connectivity index (χ2n) is 4.75. The summed E-state index contributed by atoms with van der Waals surface area (Å²) in [4.78, 5) is 7.90. The molecule has 1 atom stereocenters. The third-order valence-electron chi connectivity index (χ3n) is 3.10. The van der Waals surface area contributed by atoms with Crippen LogP contribution in [0, 0.1) is 0 Å². The summed E-state index contributed by atoms with van der Waals surface area (Å²) in [6.07, 6.45) is 1.29. The summed E-state index contributed by atoms with van der Waals surface area (Å²) in [5, 5.41) is 20.3. The molecule has 4 N–H and O–H groups in total. The number of thiocarbonyl (C=S) groups is 1. The zero-order valence-corrected chi connectivity index (χ0v) is 14.4. The Kier molecular flexibility index (Phi) is 7.44. The van der Waals surface area contributed by atoms with Gasteiger partial charge >= 0.3 is 0 Å². The van der Waals surface area contributed by atoms with Crippen LogP contribution < -0.4 is 5.73 Å². The van der Waals surface area contributed by atoms with Gasteiger partial charge in [0.2, 0.25) is 6.35 Å². The molecule has 1 heterocycles. The van der Waals surface area contributed by atoms with Gasteiger partial charge in [-0.15, -0.1) is 11.8 Å². The molecule has 120 valence electrons. The highest BCUT2D eigenvalue weighted by Gasteiger charge is 2.32. The van der Waals surface area contributed by atoms with Gasteiger partial charge in [-0.1, -0.05) is 25.6 Å². The molecule has 6 nitrogen and oxygen atoms in total. The van der Waals surface area contributed by atoms with E-state index in [4.69, 9.17) is 18.0 Å².